The number of hydrogen-bond donors (Lipinski definition) is 4. The molecule has 5 N–H and O–H groups in total. The van der Waals surface area contributed by atoms with Crippen LogP contribution in [0.3, 0.4) is 0 Å². The number of anilines is 3. The summed E-state index contributed by atoms with van der Waals surface area (Å²) in [5, 5.41) is 14.3. The summed E-state index contributed by atoms with van der Waals surface area (Å²) in [6.45, 7) is 10.2. The van der Waals surface area contributed by atoms with Gasteiger partial charge in [0.2, 0.25) is 5.91 Å². The van der Waals surface area contributed by atoms with E-state index in [1.165, 1.54) is 37.7 Å². The molecule has 10 heteroatoms. The van der Waals surface area contributed by atoms with Gasteiger partial charge in [0.15, 0.2) is 5.16 Å². The van der Waals surface area contributed by atoms with Crippen molar-refractivity contribution >= 4 is 40.7 Å². The third kappa shape index (κ3) is 7.23. The monoisotopic (exact) mass is 522 g/mol. The van der Waals surface area contributed by atoms with Gasteiger partial charge < -0.3 is 26.7 Å². The van der Waals surface area contributed by atoms with Gasteiger partial charge in [-0.15, -0.1) is 0 Å². The molecule has 4 rings (SSSR count). The highest BCUT2D eigenvalue weighted by molar-refractivity contribution is 7.99. The van der Waals surface area contributed by atoms with Crippen LogP contribution in [0.5, 0.6) is 0 Å². The standard InChI is InChI=1S/C27H38N8OS/c1-4-25(36)30-20-7-9-21(10-8-20)37-26-32-23(31-22(29)17-19(2)28)18-24(33-26)34-15-11-27(3,12-16-34)35-13-5-6-14-35/h7-10,17-18,28H,4-6,11-16,29H2,1-3H3,(H,30,36)(H,31,32,33)/b22-17+,28-19?. The Morgan fingerprint density at radius 2 is 1.81 bits per heavy atom. The molecular weight excluding hydrogens is 484 g/mol. The zero-order valence-corrected chi connectivity index (χ0v) is 22.8. The average Bonchev–Trinajstić information content (AvgIpc) is 3.41. The predicted octanol–water partition coefficient (Wildman–Crippen LogP) is 4.68. The summed E-state index contributed by atoms with van der Waals surface area (Å²) >= 11 is 1.46. The molecule has 0 unspecified atom stereocenters. The first-order valence-electron chi connectivity index (χ1n) is 13.0. The first kappa shape index (κ1) is 26.9. The van der Waals surface area contributed by atoms with Gasteiger partial charge in [0.05, 0.1) is 0 Å². The highest BCUT2D eigenvalue weighted by Crippen LogP contribution is 2.35. The van der Waals surface area contributed by atoms with Gasteiger partial charge in [-0.05, 0) is 94.7 Å². The number of nitrogens with two attached hydrogens (primary N) is 1. The first-order valence-corrected chi connectivity index (χ1v) is 13.8. The molecule has 0 radical (unpaired) electrons. The molecule has 0 saturated carbocycles. The maximum atomic E-state index is 11.7. The normalized spacial score (nSPS) is 18.0. The molecule has 1 amide bonds. The zero-order valence-electron chi connectivity index (χ0n) is 22.0. The Hall–Kier alpha value is -3.11. The van der Waals surface area contributed by atoms with Crippen molar-refractivity contribution in [3.63, 3.8) is 0 Å². The van der Waals surface area contributed by atoms with Gasteiger partial charge in [0.1, 0.15) is 17.5 Å². The average molecular weight is 523 g/mol. The van der Waals surface area contributed by atoms with Gasteiger partial charge >= 0.3 is 0 Å². The Bertz CT molecular complexity index is 1140. The van der Waals surface area contributed by atoms with Crippen molar-refractivity contribution in [1.82, 2.24) is 14.9 Å². The summed E-state index contributed by atoms with van der Waals surface area (Å²) in [5.41, 5.74) is 7.48. The van der Waals surface area contributed by atoms with E-state index in [0.717, 1.165) is 42.3 Å². The van der Waals surface area contributed by atoms with Gasteiger partial charge in [-0.25, -0.2) is 9.97 Å². The largest absolute Gasteiger partial charge is 0.385 e. The van der Waals surface area contributed by atoms with E-state index in [4.69, 9.17) is 21.1 Å². The van der Waals surface area contributed by atoms with Gasteiger partial charge in [0.25, 0.3) is 0 Å². The van der Waals surface area contributed by atoms with Crippen LogP contribution in [-0.4, -0.2) is 58.2 Å². The lowest BCUT2D eigenvalue weighted by Crippen LogP contribution is -2.52. The summed E-state index contributed by atoms with van der Waals surface area (Å²) in [5.74, 6) is 1.82. The highest BCUT2D eigenvalue weighted by atomic mass is 32.2. The minimum Gasteiger partial charge on any atom is -0.385 e. The van der Waals surface area contributed by atoms with E-state index in [9.17, 15) is 4.79 Å². The minimum atomic E-state index is -0.0136. The molecule has 9 nitrogen and oxygen atoms in total. The van der Waals surface area contributed by atoms with Gasteiger partial charge in [0, 0.05) is 47.4 Å². The SMILES string of the molecule is CCC(=O)Nc1ccc(Sc2nc(N/C(N)=C/C(C)=N)cc(N3CCC(C)(N4CCCC4)CC3)n2)cc1. The van der Waals surface area contributed by atoms with E-state index in [1.807, 2.05) is 37.3 Å². The van der Waals surface area contributed by atoms with E-state index in [2.05, 4.69) is 27.4 Å². The molecule has 1 aromatic heterocycles. The number of amides is 1. The molecular formula is C27H38N8OS. The Morgan fingerprint density at radius 3 is 2.43 bits per heavy atom. The molecule has 2 aliphatic rings. The number of benzene rings is 1. The summed E-state index contributed by atoms with van der Waals surface area (Å²) in [6, 6.07) is 9.61. The third-order valence-electron chi connectivity index (χ3n) is 7.04. The molecule has 2 saturated heterocycles. The second-order valence-electron chi connectivity index (χ2n) is 10.0. The second-order valence-corrected chi connectivity index (χ2v) is 11.0. The van der Waals surface area contributed by atoms with Crippen molar-refractivity contribution in [1.29, 1.82) is 5.41 Å². The number of carbonyl (C=O) groups excluding carboxylic acids is 1. The van der Waals surface area contributed by atoms with Crippen molar-refractivity contribution in [2.75, 3.05) is 41.7 Å². The summed E-state index contributed by atoms with van der Waals surface area (Å²) < 4.78 is 0. The highest BCUT2D eigenvalue weighted by Gasteiger charge is 2.37. The van der Waals surface area contributed by atoms with Crippen LogP contribution >= 0.6 is 11.8 Å². The van der Waals surface area contributed by atoms with E-state index < -0.39 is 0 Å². The fourth-order valence-corrected chi connectivity index (χ4v) is 5.62. The smallest absolute Gasteiger partial charge is 0.224 e. The zero-order chi connectivity index (χ0) is 26.4. The quantitative estimate of drug-likeness (QED) is 0.276. The number of piperidine rings is 1. The molecule has 0 aliphatic carbocycles. The Kier molecular flexibility index (Phi) is 8.71. The fraction of sp³-hybridized carbons (Fsp3) is 0.481. The lowest BCUT2D eigenvalue weighted by Gasteiger charge is -2.45. The predicted molar refractivity (Wildman–Crippen MR) is 151 cm³/mol. The molecule has 0 bridgehead atoms. The van der Waals surface area contributed by atoms with Crippen LogP contribution in [0.2, 0.25) is 0 Å². The van der Waals surface area contributed by atoms with Crippen LogP contribution in [0.4, 0.5) is 17.3 Å². The van der Waals surface area contributed by atoms with E-state index in [0.29, 0.717) is 28.9 Å². The molecule has 0 spiro atoms. The van der Waals surface area contributed by atoms with E-state index >= 15 is 0 Å². The molecule has 2 aliphatic heterocycles. The molecule has 2 fully saturated rings. The first-order chi connectivity index (χ1) is 17.7. The number of likely N-dealkylation sites (tertiary alicyclic amines) is 1. The summed E-state index contributed by atoms with van der Waals surface area (Å²) in [4.78, 5) is 27.2. The van der Waals surface area contributed by atoms with Gasteiger partial charge in [-0.1, -0.05) is 6.92 Å². The van der Waals surface area contributed by atoms with Crippen molar-refractivity contribution in [3.8, 4) is 0 Å². The fourth-order valence-electron chi connectivity index (χ4n) is 4.85. The van der Waals surface area contributed by atoms with Crippen LogP contribution in [0.15, 0.2) is 52.3 Å². The van der Waals surface area contributed by atoms with Crippen LogP contribution in [0, 0.1) is 5.41 Å². The van der Waals surface area contributed by atoms with Gasteiger partial charge in [-0.3, -0.25) is 9.69 Å². The Morgan fingerprint density at radius 1 is 1.14 bits per heavy atom. The topological polar surface area (TPSA) is 123 Å². The molecule has 0 atom stereocenters. The van der Waals surface area contributed by atoms with Gasteiger partial charge in [-0.2, -0.15) is 0 Å². The number of rotatable bonds is 9. The van der Waals surface area contributed by atoms with Crippen LogP contribution < -0.4 is 21.3 Å². The number of aromatic nitrogens is 2. The molecule has 198 valence electrons. The van der Waals surface area contributed by atoms with Crippen LogP contribution in [-0.2, 0) is 4.79 Å². The number of carbonyl (C=O) groups is 1. The number of nitrogens with one attached hydrogen (secondary N) is 3. The third-order valence-corrected chi connectivity index (χ3v) is 7.91. The van der Waals surface area contributed by atoms with Crippen LogP contribution in [0.25, 0.3) is 0 Å². The molecule has 3 heterocycles. The number of allylic oxidation sites excluding steroid dienone is 1. The maximum absolute atomic E-state index is 11.7. The lowest BCUT2D eigenvalue weighted by molar-refractivity contribution is -0.115. The molecule has 1 aromatic carbocycles. The van der Waals surface area contributed by atoms with Crippen molar-refractivity contribution in [3.05, 3.63) is 42.2 Å². The van der Waals surface area contributed by atoms with Crippen molar-refractivity contribution in [2.24, 2.45) is 5.73 Å². The van der Waals surface area contributed by atoms with E-state index in [-0.39, 0.29) is 11.4 Å². The maximum Gasteiger partial charge on any atom is 0.224 e. The second kappa shape index (κ2) is 12.0. The summed E-state index contributed by atoms with van der Waals surface area (Å²) in [6.07, 6.45) is 6.81. The van der Waals surface area contributed by atoms with Crippen molar-refractivity contribution < 1.29 is 4.79 Å². The summed E-state index contributed by atoms with van der Waals surface area (Å²) in [7, 11) is 0. The minimum absolute atomic E-state index is 0.0136. The molecule has 2 aromatic rings. The Balaban J connectivity index is 1.53. The van der Waals surface area contributed by atoms with Crippen molar-refractivity contribution in [2.45, 2.75) is 68.5 Å². The molecule has 37 heavy (non-hydrogen) atoms. The lowest BCUT2D eigenvalue weighted by atomic mass is 9.88. The number of nitrogens with zero attached hydrogens (tertiary/aromatic N) is 4. The Labute approximate surface area is 223 Å². The van der Waals surface area contributed by atoms with E-state index in [1.54, 1.807) is 13.0 Å². The van der Waals surface area contributed by atoms with Crippen LogP contribution in [0.1, 0.15) is 52.9 Å². The number of hydrogen-bond acceptors (Lipinski definition) is 9.